The zero-order valence-electron chi connectivity index (χ0n) is 26.1. The van der Waals surface area contributed by atoms with Crippen molar-refractivity contribution in [2.45, 2.75) is 23.9 Å². The number of rotatable bonds is 11. The highest BCUT2D eigenvalue weighted by Crippen LogP contribution is 2.27. The van der Waals surface area contributed by atoms with Crippen LogP contribution in [0.3, 0.4) is 0 Å². The molecule has 258 valence electrons. The highest BCUT2D eigenvalue weighted by atomic mass is 32.2. The quantitative estimate of drug-likeness (QED) is 0.134. The fourth-order valence-corrected chi connectivity index (χ4v) is 6.21. The van der Waals surface area contributed by atoms with Crippen molar-refractivity contribution in [3.63, 3.8) is 0 Å². The molecule has 2 fully saturated rings. The lowest BCUT2D eigenvalue weighted by atomic mass is 10.1. The van der Waals surface area contributed by atoms with E-state index in [4.69, 9.17) is 9.47 Å². The number of aliphatic hydroxyl groups excluding tert-OH is 2. The molecular formula is C36H30F2N2O8S2. The summed E-state index contributed by atoms with van der Waals surface area (Å²) in [4.78, 5) is 45.7. The number of hydrogen-bond acceptors (Lipinski definition) is 10. The van der Waals surface area contributed by atoms with Crippen molar-refractivity contribution in [2.75, 3.05) is 13.2 Å². The molecule has 4 amide bonds. The lowest BCUT2D eigenvalue weighted by Gasteiger charge is -2.13. The van der Waals surface area contributed by atoms with E-state index >= 15 is 0 Å². The Morgan fingerprint density at radius 1 is 0.720 bits per heavy atom. The van der Waals surface area contributed by atoms with Gasteiger partial charge in [-0.05, 0) is 95.0 Å². The summed E-state index contributed by atoms with van der Waals surface area (Å²) < 4.78 is 37.3. The van der Waals surface area contributed by atoms with Crippen LogP contribution < -0.4 is 20.1 Å². The molecule has 0 aliphatic carbocycles. The Balaban J connectivity index is 0.000000194. The van der Waals surface area contributed by atoms with Gasteiger partial charge < -0.3 is 19.7 Å². The third-order valence-electron chi connectivity index (χ3n) is 7.21. The maximum atomic E-state index is 13.2. The minimum atomic E-state index is -0.943. The summed E-state index contributed by atoms with van der Waals surface area (Å²) in [7, 11) is 0. The molecule has 0 spiro atoms. The van der Waals surface area contributed by atoms with Crippen molar-refractivity contribution >= 4 is 51.9 Å². The first kappa shape index (κ1) is 36.3. The molecule has 4 N–H and O–H groups in total. The number of amides is 4. The van der Waals surface area contributed by atoms with Gasteiger partial charge in [0.1, 0.15) is 48.6 Å². The maximum absolute atomic E-state index is 13.2. The molecule has 0 saturated carbocycles. The summed E-state index contributed by atoms with van der Waals surface area (Å²) in [5, 5.41) is 23.4. The van der Waals surface area contributed by atoms with Gasteiger partial charge in [-0.1, -0.05) is 60.3 Å². The first-order valence-corrected chi connectivity index (χ1v) is 16.8. The molecule has 2 saturated heterocycles. The van der Waals surface area contributed by atoms with Crippen molar-refractivity contribution < 1.29 is 47.6 Å². The topological polar surface area (TPSA) is 151 Å². The molecule has 2 aliphatic heterocycles. The van der Waals surface area contributed by atoms with Gasteiger partial charge >= 0.3 is 0 Å². The molecule has 10 nitrogen and oxygen atoms in total. The second-order valence-corrected chi connectivity index (χ2v) is 13.1. The number of aliphatic hydroxyl groups is 2. The Kier molecular flexibility index (Phi) is 12.4. The maximum Gasteiger partial charge on any atom is 0.290 e. The second-order valence-electron chi connectivity index (χ2n) is 10.9. The normalized spacial score (nSPS) is 17.4. The van der Waals surface area contributed by atoms with Crippen LogP contribution >= 0.6 is 23.5 Å². The zero-order chi connectivity index (χ0) is 35.6. The van der Waals surface area contributed by atoms with Gasteiger partial charge in [-0.25, -0.2) is 8.78 Å². The molecule has 4 aromatic rings. The Hall–Kier alpha value is -5.02. The number of benzene rings is 4. The molecule has 3 unspecified atom stereocenters. The number of imide groups is 2. The Bertz CT molecular complexity index is 1890. The Morgan fingerprint density at radius 3 is 1.72 bits per heavy atom. The minimum Gasteiger partial charge on any atom is -0.491 e. The number of ether oxygens (including phenoxy) is 2. The molecule has 0 aromatic heterocycles. The van der Waals surface area contributed by atoms with Gasteiger partial charge in [0, 0.05) is 0 Å². The van der Waals surface area contributed by atoms with E-state index in [2.05, 4.69) is 10.6 Å². The molecule has 0 radical (unpaired) electrons. The third kappa shape index (κ3) is 10.5. The van der Waals surface area contributed by atoms with Gasteiger partial charge in [0.05, 0.1) is 10.2 Å². The van der Waals surface area contributed by atoms with Crippen molar-refractivity contribution in [1.82, 2.24) is 10.6 Å². The van der Waals surface area contributed by atoms with Crippen LogP contribution in [-0.2, 0) is 16.0 Å². The molecule has 14 heteroatoms. The van der Waals surface area contributed by atoms with Crippen LogP contribution in [0.5, 0.6) is 11.5 Å². The molecule has 2 aliphatic rings. The van der Waals surface area contributed by atoms with Gasteiger partial charge in [0.25, 0.3) is 16.4 Å². The molecule has 6 rings (SSSR count). The molecular weight excluding hydrogens is 691 g/mol. The summed E-state index contributed by atoms with van der Waals surface area (Å²) in [6, 6.07) is 25.4. The smallest absolute Gasteiger partial charge is 0.290 e. The predicted octanol–water partition coefficient (Wildman–Crippen LogP) is 6.09. The van der Waals surface area contributed by atoms with Gasteiger partial charge in [-0.2, -0.15) is 0 Å². The number of nitrogens with one attached hydrogen (secondary N) is 2. The van der Waals surface area contributed by atoms with Gasteiger partial charge in [0.2, 0.25) is 5.91 Å². The molecule has 0 bridgehead atoms. The second kappa shape index (κ2) is 17.1. The third-order valence-corrected chi connectivity index (χ3v) is 9.01. The summed E-state index contributed by atoms with van der Waals surface area (Å²) in [6.45, 7) is -0.0190. The Morgan fingerprint density at radius 2 is 1.26 bits per heavy atom. The fraction of sp³-hybridized carbons (Fsp3) is 0.167. The van der Waals surface area contributed by atoms with Crippen molar-refractivity contribution in [1.29, 1.82) is 0 Å². The van der Waals surface area contributed by atoms with Crippen LogP contribution in [0, 0.1) is 11.6 Å². The summed E-state index contributed by atoms with van der Waals surface area (Å²) in [5.41, 5.74) is 2.53. The van der Waals surface area contributed by atoms with E-state index in [1.54, 1.807) is 66.7 Å². The monoisotopic (exact) mass is 720 g/mol. The van der Waals surface area contributed by atoms with Crippen LogP contribution in [0.15, 0.2) is 102 Å². The van der Waals surface area contributed by atoms with Crippen molar-refractivity contribution in [3.8, 4) is 11.5 Å². The summed E-state index contributed by atoms with van der Waals surface area (Å²) in [5.74, 6) is -0.424. The SMILES string of the molecule is O=C1NC(=O)C(=Cc2ccc(OCC(O)c3cccc(F)c3)cc2)S1.O=C1NC(=O)C(Cc2ccc(OCC(O)c3cccc(F)c3)cc2)S1. The largest absolute Gasteiger partial charge is 0.491 e. The van der Waals surface area contributed by atoms with Crippen LogP contribution in [0.25, 0.3) is 6.08 Å². The van der Waals surface area contributed by atoms with E-state index in [1.165, 1.54) is 36.4 Å². The molecule has 2 heterocycles. The van der Waals surface area contributed by atoms with E-state index in [9.17, 15) is 38.2 Å². The van der Waals surface area contributed by atoms with Crippen LogP contribution in [0.4, 0.5) is 18.4 Å². The molecule has 4 aromatic carbocycles. The van der Waals surface area contributed by atoms with E-state index in [-0.39, 0.29) is 29.6 Å². The lowest BCUT2D eigenvalue weighted by molar-refractivity contribution is -0.119. The van der Waals surface area contributed by atoms with Gasteiger partial charge in [-0.15, -0.1) is 0 Å². The number of halogens is 2. The van der Waals surface area contributed by atoms with Gasteiger partial charge in [0.15, 0.2) is 0 Å². The van der Waals surface area contributed by atoms with Gasteiger partial charge in [-0.3, -0.25) is 29.8 Å². The minimum absolute atomic E-state index is 0.00180. The number of thioether (sulfide) groups is 2. The van der Waals surface area contributed by atoms with Crippen LogP contribution in [0.1, 0.15) is 34.5 Å². The highest BCUT2D eigenvalue weighted by molar-refractivity contribution is 8.18. The highest BCUT2D eigenvalue weighted by Gasteiger charge is 2.31. The summed E-state index contributed by atoms with van der Waals surface area (Å²) >= 11 is 1.84. The Labute approximate surface area is 293 Å². The average Bonchev–Trinajstić information content (AvgIpc) is 3.60. The van der Waals surface area contributed by atoms with E-state index in [1.807, 2.05) is 0 Å². The van der Waals surface area contributed by atoms with Crippen molar-refractivity contribution in [2.24, 2.45) is 0 Å². The first-order chi connectivity index (χ1) is 24.0. The molecule has 50 heavy (non-hydrogen) atoms. The van der Waals surface area contributed by atoms with Crippen molar-refractivity contribution in [3.05, 3.63) is 136 Å². The van der Waals surface area contributed by atoms with E-state index in [0.717, 1.165) is 34.7 Å². The van der Waals surface area contributed by atoms with Crippen LogP contribution in [-0.4, -0.2) is 51.0 Å². The fourth-order valence-electron chi connectivity index (χ4n) is 4.67. The number of hydrogen-bond donors (Lipinski definition) is 4. The zero-order valence-corrected chi connectivity index (χ0v) is 27.7. The summed E-state index contributed by atoms with van der Waals surface area (Å²) in [6.07, 6.45) is 0.187. The van der Waals surface area contributed by atoms with Crippen LogP contribution in [0.2, 0.25) is 0 Å². The lowest BCUT2D eigenvalue weighted by Crippen LogP contribution is -2.25. The van der Waals surface area contributed by atoms with E-state index in [0.29, 0.717) is 34.0 Å². The molecule has 3 atom stereocenters. The standard InChI is InChI=1S/C18H16FNO4S.C18H14FNO4S/c2*19-13-3-1-2-12(9-13)15(21)10-24-14-6-4-11(5-7-14)8-16-17(22)20-18(23)25-16/h1-7,9,15-16,21H,8,10H2,(H,20,22,23);1-9,15,21H,10H2,(H,20,22,23). The number of carbonyl (C=O) groups is 4. The van der Waals surface area contributed by atoms with E-state index < -0.39 is 35.0 Å². The first-order valence-electron chi connectivity index (χ1n) is 15.1. The predicted molar refractivity (Wildman–Crippen MR) is 184 cm³/mol. The average molecular weight is 721 g/mol. The number of carbonyl (C=O) groups excluding carboxylic acids is 4.